The zero-order valence-corrected chi connectivity index (χ0v) is 16.8. The number of carbonyl (C=O) groups excluding carboxylic acids is 1. The fourth-order valence-electron chi connectivity index (χ4n) is 3.20. The second kappa shape index (κ2) is 9.71. The van der Waals surface area contributed by atoms with Gasteiger partial charge >= 0.3 is 0 Å². The smallest absolute Gasteiger partial charge is 0.269 e. The molecule has 1 saturated heterocycles. The van der Waals surface area contributed by atoms with Crippen LogP contribution in [0.2, 0.25) is 0 Å². The second-order valence-electron chi connectivity index (χ2n) is 7.03. The molecule has 1 aliphatic rings. The summed E-state index contributed by atoms with van der Waals surface area (Å²) in [6, 6.07) is 14.7. The average Bonchev–Trinajstić information content (AvgIpc) is 3.20. The third kappa shape index (κ3) is 5.81. The molecule has 0 saturated carbocycles. The van der Waals surface area contributed by atoms with Gasteiger partial charge in [-0.25, -0.2) is 0 Å². The fourth-order valence-corrected chi connectivity index (χ4v) is 4.09. The van der Waals surface area contributed by atoms with Crippen molar-refractivity contribution >= 4 is 23.4 Å². The average molecular weight is 400 g/mol. The predicted octanol–water partition coefficient (Wildman–Crippen LogP) is 3.99. The number of hydrogen-bond acceptors (Lipinski definition) is 5. The number of nitro benzene ring substituents is 1. The first-order chi connectivity index (χ1) is 13.5. The van der Waals surface area contributed by atoms with Gasteiger partial charge in [-0.2, -0.15) is 0 Å². The van der Waals surface area contributed by atoms with E-state index < -0.39 is 4.92 Å². The standard InChI is InChI=1S/C21H25N3O3S/c1-16(28-20-10-8-19(9-11-20)24(26)27)21(25)22-14-17-4-6-18(7-5-17)15-23-12-2-3-13-23/h4-11,16H,2-3,12-15H2,1H3,(H,22,25)/t16-/m0/s1. The van der Waals surface area contributed by atoms with Crippen LogP contribution in [0.3, 0.4) is 0 Å². The van der Waals surface area contributed by atoms with Crippen LogP contribution in [0.4, 0.5) is 5.69 Å². The minimum absolute atomic E-state index is 0.0506. The molecule has 0 aliphatic carbocycles. The number of carbonyl (C=O) groups is 1. The number of rotatable bonds is 8. The Morgan fingerprint density at radius 1 is 1.11 bits per heavy atom. The van der Waals surface area contributed by atoms with Crippen molar-refractivity contribution in [3.63, 3.8) is 0 Å². The molecular formula is C21H25N3O3S. The Bertz CT molecular complexity index is 803. The number of benzene rings is 2. The summed E-state index contributed by atoms with van der Waals surface area (Å²) in [4.78, 5) is 25.9. The van der Waals surface area contributed by atoms with Gasteiger partial charge in [0.2, 0.25) is 5.91 Å². The van der Waals surface area contributed by atoms with Gasteiger partial charge in [0, 0.05) is 30.1 Å². The van der Waals surface area contributed by atoms with Crippen molar-refractivity contribution in [2.45, 2.75) is 43.0 Å². The van der Waals surface area contributed by atoms with Gasteiger partial charge in [0.15, 0.2) is 0 Å². The summed E-state index contributed by atoms with van der Waals surface area (Å²) in [5.74, 6) is -0.0514. The lowest BCUT2D eigenvalue weighted by Crippen LogP contribution is -2.30. The van der Waals surface area contributed by atoms with Crippen LogP contribution in [0.25, 0.3) is 0 Å². The van der Waals surface area contributed by atoms with Gasteiger partial charge in [-0.1, -0.05) is 24.3 Å². The summed E-state index contributed by atoms with van der Waals surface area (Å²) >= 11 is 1.39. The topological polar surface area (TPSA) is 75.5 Å². The zero-order chi connectivity index (χ0) is 19.9. The molecule has 1 atom stereocenters. The third-order valence-corrected chi connectivity index (χ3v) is 5.94. The Balaban J connectivity index is 1.45. The SMILES string of the molecule is C[C@H](Sc1ccc([N+](=O)[O-])cc1)C(=O)NCc1ccc(CN2CCCC2)cc1. The fraction of sp³-hybridized carbons (Fsp3) is 0.381. The van der Waals surface area contributed by atoms with Crippen LogP contribution in [0.1, 0.15) is 30.9 Å². The molecule has 28 heavy (non-hydrogen) atoms. The van der Waals surface area contributed by atoms with Gasteiger partial charge in [0.1, 0.15) is 0 Å². The van der Waals surface area contributed by atoms with Crippen molar-refractivity contribution in [2.24, 2.45) is 0 Å². The van der Waals surface area contributed by atoms with Crippen LogP contribution in [0, 0.1) is 10.1 Å². The molecule has 0 radical (unpaired) electrons. The molecule has 2 aromatic rings. The Hall–Kier alpha value is -2.38. The number of nitrogens with zero attached hydrogens (tertiary/aromatic N) is 2. The lowest BCUT2D eigenvalue weighted by Gasteiger charge is -2.15. The highest BCUT2D eigenvalue weighted by molar-refractivity contribution is 8.00. The molecule has 1 fully saturated rings. The van der Waals surface area contributed by atoms with Crippen molar-refractivity contribution in [3.05, 3.63) is 69.8 Å². The molecule has 0 aromatic heterocycles. The zero-order valence-electron chi connectivity index (χ0n) is 16.0. The summed E-state index contributed by atoms with van der Waals surface area (Å²) in [6.45, 7) is 5.69. The van der Waals surface area contributed by atoms with Crippen molar-refractivity contribution < 1.29 is 9.72 Å². The van der Waals surface area contributed by atoms with E-state index in [1.54, 1.807) is 12.1 Å². The van der Waals surface area contributed by atoms with E-state index in [-0.39, 0.29) is 16.8 Å². The third-order valence-electron chi connectivity index (χ3n) is 4.82. The summed E-state index contributed by atoms with van der Waals surface area (Å²) in [5, 5.41) is 13.4. The number of non-ortho nitro benzene ring substituents is 1. The molecule has 0 bridgehead atoms. The first kappa shape index (κ1) is 20.4. The van der Waals surface area contributed by atoms with Gasteiger partial charge in [0.05, 0.1) is 10.2 Å². The molecule has 7 heteroatoms. The van der Waals surface area contributed by atoms with Crippen LogP contribution in [0.15, 0.2) is 53.4 Å². The van der Waals surface area contributed by atoms with Crippen molar-refractivity contribution in [3.8, 4) is 0 Å². The van der Waals surface area contributed by atoms with Crippen LogP contribution >= 0.6 is 11.8 Å². The minimum atomic E-state index is -0.430. The normalized spacial score (nSPS) is 15.3. The highest BCUT2D eigenvalue weighted by Gasteiger charge is 2.15. The molecular weight excluding hydrogens is 374 g/mol. The molecule has 0 unspecified atom stereocenters. The largest absolute Gasteiger partial charge is 0.351 e. The number of amides is 1. The Morgan fingerprint density at radius 3 is 2.32 bits per heavy atom. The molecule has 3 rings (SSSR count). The van der Waals surface area contributed by atoms with Crippen LogP contribution < -0.4 is 5.32 Å². The maximum Gasteiger partial charge on any atom is 0.269 e. The quantitative estimate of drug-likeness (QED) is 0.413. The Kier molecular flexibility index (Phi) is 7.06. The highest BCUT2D eigenvalue weighted by Crippen LogP contribution is 2.25. The van der Waals surface area contributed by atoms with Gasteiger partial charge in [-0.05, 0) is 56.1 Å². The molecule has 1 aliphatic heterocycles. The molecule has 1 N–H and O–H groups in total. The molecule has 148 valence electrons. The molecule has 1 amide bonds. The number of thioether (sulfide) groups is 1. The summed E-state index contributed by atoms with van der Waals surface area (Å²) in [7, 11) is 0. The molecule has 1 heterocycles. The van der Waals surface area contributed by atoms with Crippen molar-refractivity contribution in [2.75, 3.05) is 13.1 Å². The van der Waals surface area contributed by atoms with Crippen LogP contribution in [0.5, 0.6) is 0 Å². The van der Waals surface area contributed by atoms with E-state index in [0.29, 0.717) is 6.54 Å². The summed E-state index contributed by atoms with van der Waals surface area (Å²) < 4.78 is 0. The summed E-state index contributed by atoms with van der Waals surface area (Å²) in [5.41, 5.74) is 2.43. The predicted molar refractivity (Wildman–Crippen MR) is 111 cm³/mol. The van der Waals surface area contributed by atoms with E-state index in [4.69, 9.17) is 0 Å². The van der Waals surface area contributed by atoms with Gasteiger partial charge in [-0.15, -0.1) is 11.8 Å². The lowest BCUT2D eigenvalue weighted by molar-refractivity contribution is -0.384. The highest BCUT2D eigenvalue weighted by atomic mass is 32.2. The lowest BCUT2D eigenvalue weighted by atomic mass is 10.1. The maximum absolute atomic E-state index is 12.3. The number of nitro groups is 1. The summed E-state index contributed by atoms with van der Waals surface area (Å²) in [6.07, 6.45) is 2.58. The van der Waals surface area contributed by atoms with Gasteiger partial charge in [-0.3, -0.25) is 19.8 Å². The molecule has 0 spiro atoms. The second-order valence-corrected chi connectivity index (χ2v) is 8.44. The first-order valence-electron chi connectivity index (χ1n) is 9.50. The molecule has 6 nitrogen and oxygen atoms in total. The van der Waals surface area contributed by atoms with E-state index >= 15 is 0 Å². The number of likely N-dealkylation sites (tertiary alicyclic amines) is 1. The Labute approximate surface area is 169 Å². The van der Waals surface area contributed by atoms with Crippen molar-refractivity contribution in [1.29, 1.82) is 0 Å². The first-order valence-corrected chi connectivity index (χ1v) is 10.4. The minimum Gasteiger partial charge on any atom is -0.351 e. The van der Waals surface area contributed by atoms with Gasteiger partial charge in [0.25, 0.3) is 5.69 Å². The van der Waals surface area contributed by atoms with Crippen LogP contribution in [-0.2, 0) is 17.9 Å². The van der Waals surface area contributed by atoms with E-state index in [2.05, 4.69) is 34.5 Å². The van der Waals surface area contributed by atoms with Crippen LogP contribution in [-0.4, -0.2) is 34.1 Å². The number of nitrogens with one attached hydrogen (secondary N) is 1. The van der Waals surface area contributed by atoms with Gasteiger partial charge < -0.3 is 5.32 Å². The van der Waals surface area contributed by atoms with E-state index in [0.717, 1.165) is 17.0 Å². The van der Waals surface area contributed by atoms with E-state index in [1.807, 2.05) is 6.92 Å². The Morgan fingerprint density at radius 2 is 1.71 bits per heavy atom. The maximum atomic E-state index is 12.3. The van der Waals surface area contributed by atoms with E-state index in [9.17, 15) is 14.9 Å². The van der Waals surface area contributed by atoms with Crippen molar-refractivity contribution in [1.82, 2.24) is 10.2 Å². The number of hydrogen-bond donors (Lipinski definition) is 1. The van der Waals surface area contributed by atoms with E-state index in [1.165, 1.54) is 55.4 Å². The molecule has 2 aromatic carbocycles. The monoisotopic (exact) mass is 399 g/mol.